The van der Waals surface area contributed by atoms with Crippen LogP contribution in [-0.2, 0) is 24.8 Å². The van der Waals surface area contributed by atoms with E-state index < -0.39 is 5.79 Å². The Hall–Kier alpha value is -3.08. The molecule has 0 unspecified atom stereocenters. The standard InChI is InChI=1S/C21H21NO4/c23-19(16-20(24)22-18-10-5-2-6-11-18)12-7-13-21(25-14-15-26-21)17-8-3-1-4-9-17/h1-6,8-11,14-15H,7,12-13,16H2,(H,22,24). The first-order valence-electron chi connectivity index (χ1n) is 8.61. The smallest absolute Gasteiger partial charge is 0.276 e. The Bertz CT molecular complexity index is 763. The molecule has 2 aromatic carbocycles. The number of hydrogen-bond donors (Lipinski definition) is 1. The minimum atomic E-state index is -0.881. The van der Waals surface area contributed by atoms with E-state index in [2.05, 4.69) is 5.32 Å². The molecule has 0 atom stereocenters. The van der Waals surface area contributed by atoms with Crippen LogP contribution in [-0.4, -0.2) is 11.7 Å². The van der Waals surface area contributed by atoms with Crippen LogP contribution in [0, 0.1) is 0 Å². The minimum Gasteiger partial charge on any atom is -0.453 e. The summed E-state index contributed by atoms with van der Waals surface area (Å²) in [6.07, 6.45) is 4.28. The topological polar surface area (TPSA) is 64.6 Å². The molecule has 2 aromatic rings. The molecule has 0 aromatic heterocycles. The van der Waals surface area contributed by atoms with Gasteiger partial charge in [0, 0.05) is 24.1 Å². The first kappa shape index (κ1) is 17.7. The van der Waals surface area contributed by atoms with Gasteiger partial charge in [0.15, 0.2) is 0 Å². The SMILES string of the molecule is O=C(CCCC1(c2ccccc2)OC=CO1)CC(=O)Nc1ccccc1. The molecule has 26 heavy (non-hydrogen) atoms. The first-order chi connectivity index (χ1) is 12.7. The van der Waals surface area contributed by atoms with E-state index in [1.807, 2.05) is 48.5 Å². The van der Waals surface area contributed by atoms with Gasteiger partial charge in [0.1, 0.15) is 18.3 Å². The van der Waals surface area contributed by atoms with E-state index in [9.17, 15) is 9.59 Å². The second kappa shape index (κ2) is 8.34. The molecule has 1 aliphatic rings. The summed E-state index contributed by atoms with van der Waals surface area (Å²) in [5.41, 5.74) is 1.59. The summed E-state index contributed by atoms with van der Waals surface area (Å²) in [4.78, 5) is 24.0. The van der Waals surface area contributed by atoms with Crippen LogP contribution in [0.3, 0.4) is 0 Å². The van der Waals surface area contributed by atoms with Crippen molar-refractivity contribution in [2.24, 2.45) is 0 Å². The molecule has 5 nitrogen and oxygen atoms in total. The molecule has 0 saturated heterocycles. The molecular formula is C21H21NO4. The number of hydrogen-bond acceptors (Lipinski definition) is 4. The number of ketones is 1. The van der Waals surface area contributed by atoms with Gasteiger partial charge >= 0.3 is 0 Å². The van der Waals surface area contributed by atoms with Crippen LogP contribution in [0.5, 0.6) is 0 Å². The normalized spacial score (nSPS) is 14.3. The highest BCUT2D eigenvalue weighted by molar-refractivity contribution is 6.04. The average Bonchev–Trinajstić information content (AvgIpc) is 3.13. The molecule has 5 heteroatoms. The molecule has 0 fully saturated rings. The van der Waals surface area contributed by atoms with Gasteiger partial charge in [0.05, 0.1) is 6.42 Å². The highest BCUT2D eigenvalue weighted by Gasteiger charge is 2.37. The summed E-state index contributed by atoms with van der Waals surface area (Å²) in [6, 6.07) is 18.7. The van der Waals surface area contributed by atoms with Crippen molar-refractivity contribution < 1.29 is 19.1 Å². The molecule has 1 aliphatic heterocycles. The largest absolute Gasteiger partial charge is 0.453 e. The van der Waals surface area contributed by atoms with Crippen LogP contribution in [0.15, 0.2) is 73.2 Å². The third-order valence-corrected chi connectivity index (χ3v) is 4.16. The number of para-hydroxylation sites is 1. The van der Waals surface area contributed by atoms with Crippen LogP contribution in [0.1, 0.15) is 31.2 Å². The molecular weight excluding hydrogens is 330 g/mol. The zero-order chi connectivity index (χ0) is 18.2. The van der Waals surface area contributed by atoms with Crippen molar-refractivity contribution in [1.82, 2.24) is 0 Å². The average molecular weight is 351 g/mol. The highest BCUT2D eigenvalue weighted by Crippen LogP contribution is 2.36. The number of rotatable bonds is 8. The molecule has 0 spiro atoms. The van der Waals surface area contributed by atoms with Gasteiger partial charge < -0.3 is 14.8 Å². The predicted octanol–water partition coefficient (Wildman–Crippen LogP) is 4.13. The Morgan fingerprint density at radius 3 is 2.15 bits per heavy atom. The fraction of sp³-hybridized carbons (Fsp3) is 0.238. The van der Waals surface area contributed by atoms with E-state index in [-0.39, 0.29) is 18.1 Å². The lowest BCUT2D eigenvalue weighted by molar-refractivity contribution is -0.156. The summed E-state index contributed by atoms with van der Waals surface area (Å²) in [6.45, 7) is 0. The van der Waals surface area contributed by atoms with Gasteiger partial charge in [-0.15, -0.1) is 0 Å². The summed E-state index contributed by atoms with van der Waals surface area (Å²) >= 11 is 0. The zero-order valence-corrected chi connectivity index (χ0v) is 14.4. The number of anilines is 1. The van der Waals surface area contributed by atoms with Gasteiger partial charge in [0.2, 0.25) is 5.91 Å². The molecule has 0 aliphatic carbocycles. The maximum atomic E-state index is 12.1. The van der Waals surface area contributed by atoms with E-state index in [0.717, 1.165) is 5.56 Å². The number of ether oxygens (including phenoxy) is 2. The van der Waals surface area contributed by atoms with Gasteiger partial charge in [0.25, 0.3) is 5.79 Å². The molecule has 3 rings (SSSR count). The van der Waals surface area contributed by atoms with Crippen molar-refractivity contribution in [3.05, 3.63) is 78.8 Å². The van der Waals surface area contributed by atoms with Crippen LogP contribution < -0.4 is 5.32 Å². The summed E-state index contributed by atoms with van der Waals surface area (Å²) in [5, 5.41) is 2.72. The van der Waals surface area contributed by atoms with E-state index >= 15 is 0 Å². The Morgan fingerprint density at radius 1 is 0.885 bits per heavy atom. The molecule has 134 valence electrons. The Kier molecular flexibility index (Phi) is 5.69. The van der Waals surface area contributed by atoms with Gasteiger partial charge in [-0.2, -0.15) is 0 Å². The third kappa shape index (κ3) is 4.51. The van der Waals surface area contributed by atoms with Crippen LogP contribution in [0.4, 0.5) is 5.69 Å². The van der Waals surface area contributed by atoms with E-state index in [1.165, 1.54) is 12.5 Å². The fourth-order valence-electron chi connectivity index (χ4n) is 2.91. The van der Waals surface area contributed by atoms with E-state index in [1.54, 1.807) is 12.1 Å². The van der Waals surface area contributed by atoms with Crippen LogP contribution >= 0.6 is 0 Å². The van der Waals surface area contributed by atoms with E-state index in [0.29, 0.717) is 24.9 Å². The number of amides is 1. The predicted molar refractivity (Wildman–Crippen MR) is 98.0 cm³/mol. The molecule has 1 heterocycles. The monoisotopic (exact) mass is 351 g/mol. The van der Waals surface area contributed by atoms with Gasteiger partial charge in [-0.25, -0.2) is 0 Å². The molecule has 1 N–H and O–H groups in total. The Balaban J connectivity index is 1.47. The maximum absolute atomic E-state index is 12.1. The van der Waals surface area contributed by atoms with Gasteiger partial charge in [-0.05, 0) is 18.6 Å². The summed E-state index contributed by atoms with van der Waals surface area (Å²) in [7, 11) is 0. The molecule has 1 amide bonds. The zero-order valence-electron chi connectivity index (χ0n) is 14.4. The lowest BCUT2D eigenvalue weighted by Crippen LogP contribution is -2.27. The number of nitrogens with one attached hydrogen (secondary N) is 1. The van der Waals surface area contributed by atoms with Crippen molar-refractivity contribution in [3.63, 3.8) is 0 Å². The molecule has 0 radical (unpaired) electrons. The second-order valence-electron chi connectivity index (χ2n) is 6.11. The van der Waals surface area contributed by atoms with Crippen molar-refractivity contribution in [3.8, 4) is 0 Å². The van der Waals surface area contributed by atoms with Crippen molar-refractivity contribution in [1.29, 1.82) is 0 Å². The highest BCUT2D eigenvalue weighted by atomic mass is 16.7. The lowest BCUT2D eigenvalue weighted by Gasteiger charge is -2.28. The molecule has 0 bridgehead atoms. The van der Waals surface area contributed by atoms with Crippen LogP contribution in [0.2, 0.25) is 0 Å². The first-order valence-corrected chi connectivity index (χ1v) is 8.61. The maximum Gasteiger partial charge on any atom is 0.276 e. The number of Topliss-reactive ketones (excluding diaryl/α,β-unsaturated/α-hetero) is 1. The quantitative estimate of drug-likeness (QED) is 0.727. The fourth-order valence-corrected chi connectivity index (χ4v) is 2.91. The van der Waals surface area contributed by atoms with Crippen molar-refractivity contribution in [2.45, 2.75) is 31.5 Å². The van der Waals surface area contributed by atoms with Crippen LogP contribution in [0.25, 0.3) is 0 Å². The minimum absolute atomic E-state index is 0.104. The van der Waals surface area contributed by atoms with Gasteiger partial charge in [-0.1, -0.05) is 48.5 Å². The third-order valence-electron chi connectivity index (χ3n) is 4.16. The van der Waals surface area contributed by atoms with E-state index in [4.69, 9.17) is 9.47 Å². The number of carbonyl (C=O) groups is 2. The van der Waals surface area contributed by atoms with Crippen molar-refractivity contribution in [2.75, 3.05) is 5.32 Å². The second-order valence-corrected chi connectivity index (χ2v) is 6.11. The Morgan fingerprint density at radius 2 is 1.50 bits per heavy atom. The summed E-state index contributed by atoms with van der Waals surface area (Å²) in [5.74, 6) is -1.28. The van der Waals surface area contributed by atoms with Gasteiger partial charge in [-0.3, -0.25) is 9.59 Å². The lowest BCUT2D eigenvalue weighted by atomic mass is 9.98. The Labute approximate surface area is 152 Å². The number of benzene rings is 2. The number of carbonyl (C=O) groups excluding carboxylic acids is 2. The molecule has 0 saturated carbocycles. The van der Waals surface area contributed by atoms with Crippen molar-refractivity contribution >= 4 is 17.4 Å². The summed E-state index contributed by atoms with van der Waals surface area (Å²) < 4.78 is 11.4.